The number of hydrogen-bond acceptors (Lipinski definition) is 6. The second-order valence-corrected chi connectivity index (χ2v) is 7.98. The smallest absolute Gasteiger partial charge is 0.107 e. The predicted molar refractivity (Wildman–Crippen MR) is 109 cm³/mol. The summed E-state index contributed by atoms with van der Waals surface area (Å²) in [5.74, 6) is 0. The van der Waals surface area contributed by atoms with Gasteiger partial charge in [-0.2, -0.15) is 0 Å². The Labute approximate surface area is 165 Å². The summed E-state index contributed by atoms with van der Waals surface area (Å²) in [7, 11) is 0. The van der Waals surface area contributed by atoms with Gasteiger partial charge in [0.05, 0.1) is 19.8 Å². The van der Waals surface area contributed by atoms with E-state index in [4.69, 9.17) is 9.84 Å². The second-order valence-electron chi connectivity index (χ2n) is 6.90. The van der Waals surface area contributed by atoms with E-state index in [0.29, 0.717) is 13.2 Å². The third-order valence-electron chi connectivity index (χ3n) is 5.17. The van der Waals surface area contributed by atoms with Crippen molar-refractivity contribution in [3.8, 4) is 0 Å². The number of fused-ring (bicyclic) bond motifs is 2. The fourth-order valence-electron chi connectivity index (χ4n) is 3.71. The Morgan fingerprint density at radius 2 is 1.70 bits per heavy atom. The summed E-state index contributed by atoms with van der Waals surface area (Å²) in [6.45, 7) is 6.28. The average molecular weight is 386 g/mol. The zero-order valence-electron chi connectivity index (χ0n) is 15.5. The summed E-state index contributed by atoms with van der Waals surface area (Å²) in [4.78, 5) is 7.61. The SMILES string of the molecule is OCCOCCN1CCN(C2Nc3ccccc3Sc3ccccc32)CC1. The predicted octanol–water partition coefficient (Wildman–Crippen LogP) is 2.89. The third kappa shape index (κ3) is 4.47. The summed E-state index contributed by atoms with van der Waals surface area (Å²) in [6.07, 6.45) is 0.199. The number of ether oxygens (including phenoxy) is 1. The van der Waals surface area contributed by atoms with Crippen molar-refractivity contribution in [1.29, 1.82) is 0 Å². The minimum atomic E-state index is 0.0972. The van der Waals surface area contributed by atoms with Gasteiger partial charge < -0.3 is 15.2 Å². The van der Waals surface area contributed by atoms with Crippen LogP contribution in [0.5, 0.6) is 0 Å². The van der Waals surface area contributed by atoms with Gasteiger partial charge in [0.1, 0.15) is 6.17 Å². The van der Waals surface area contributed by atoms with Gasteiger partial charge >= 0.3 is 0 Å². The molecule has 0 spiro atoms. The van der Waals surface area contributed by atoms with E-state index in [0.717, 1.165) is 32.7 Å². The standard InChI is InChI=1S/C21H27N3O2S/c25-14-16-26-15-13-23-9-11-24(12-10-23)21-17-5-1-3-7-19(17)27-20-8-4-2-6-18(20)22-21/h1-8,21-22,25H,9-16H2. The summed E-state index contributed by atoms with van der Waals surface area (Å²) >= 11 is 1.85. The molecule has 0 aliphatic carbocycles. The number of para-hydroxylation sites is 1. The number of aliphatic hydroxyl groups is 1. The van der Waals surface area contributed by atoms with Crippen LogP contribution in [0.25, 0.3) is 0 Å². The highest BCUT2D eigenvalue weighted by atomic mass is 32.2. The lowest BCUT2D eigenvalue weighted by molar-refractivity contribution is 0.0509. The minimum absolute atomic E-state index is 0.0972. The summed E-state index contributed by atoms with van der Waals surface area (Å²) < 4.78 is 5.41. The van der Waals surface area contributed by atoms with Gasteiger partial charge in [0.15, 0.2) is 0 Å². The molecule has 1 unspecified atom stereocenters. The average Bonchev–Trinajstić information content (AvgIpc) is 2.88. The first kappa shape index (κ1) is 18.8. The molecule has 0 bridgehead atoms. The van der Waals surface area contributed by atoms with Crippen LogP contribution in [0.4, 0.5) is 5.69 Å². The van der Waals surface area contributed by atoms with Crippen LogP contribution in [0.15, 0.2) is 58.3 Å². The number of hydrogen-bond donors (Lipinski definition) is 2. The zero-order chi connectivity index (χ0) is 18.5. The molecule has 1 atom stereocenters. The van der Waals surface area contributed by atoms with Crippen molar-refractivity contribution < 1.29 is 9.84 Å². The molecule has 2 N–H and O–H groups in total. The van der Waals surface area contributed by atoms with Crippen LogP contribution in [-0.2, 0) is 4.74 Å². The maximum Gasteiger partial charge on any atom is 0.107 e. The molecule has 0 saturated carbocycles. The molecule has 144 valence electrons. The molecule has 27 heavy (non-hydrogen) atoms. The Morgan fingerprint density at radius 1 is 0.963 bits per heavy atom. The summed E-state index contributed by atoms with van der Waals surface area (Å²) in [6, 6.07) is 17.3. The normalized spacial score (nSPS) is 20.4. The van der Waals surface area contributed by atoms with Crippen LogP contribution >= 0.6 is 11.8 Å². The van der Waals surface area contributed by atoms with Gasteiger partial charge in [-0.15, -0.1) is 0 Å². The molecule has 2 aromatic rings. The first-order valence-corrected chi connectivity index (χ1v) is 10.4. The van der Waals surface area contributed by atoms with Crippen LogP contribution in [0.1, 0.15) is 11.7 Å². The van der Waals surface area contributed by atoms with Gasteiger partial charge in [0.25, 0.3) is 0 Å². The van der Waals surface area contributed by atoms with E-state index in [2.05, 4.69) is 63.6 Å². The van der Waals surface area contributed by atoms with Gasteiger partial charge in [-0.25, -0.2) is 0 Å². The van der Waals surface area contributed by atoms with Crippen molar-refractivity contribution >= 4 is 17.4 Å². The third-order valence-corrected chi connectivity index (χ3v) is 6.34. The fourth-order valence-corrected chi connectivity index (χ4v) is 4.78. The van der Waals surface area contributed by atoms with E-state index in [9.17, 15) is 0 Å². The van der Waals surface area contributed by atoms with Crippen molar-refractivity contribution in [2.45, 2.75) is 16.0 Å². The molecule has 1 fully saturated rings. The highest BCUT2D eigenvalue weighted by Crippen LogP contribution is 2.43. The Bertz CT molecular complexity index is 750. The van der Waals surface area contributed by atoms with Crippen molar-refractivity contribution in [2.24, 2.45) is 0 Å². The van der Waals surface area contributed by atoms with E-state index >= 15 is 0 Å². The first-order valence-electron chi connectivity index (χ1n) is 9.62. The van der Waals surface area contributed by atoms with Gasteiger partial charge in [-0.05, 0) is 18.2 Å². The highest BCUT2D eigenvalue weighted by molar-refractivity contribution is 7.99. The Balaban J connectivity index is 1.45. The first-order chi connectivity index (χ1) is 13.3. The topological polar surface area (TPSA) is 48.0 Å². The number of nitrogens with zero attached hydrogens (tertiary/aromatic N) is 2. The fraction of sp³-hybridized carbons (Fsp3) is 0.429. The Morgan fingerprint density at radius 3 is 2.52 bits per heavy atom. The number of aliphatic hydroxyl groups excluding tert-OH is 1. The van der Waals surface area contributed by atoms with Gasteiger partial charge in [0.2, 0.25) is 0 Å². The maximum absolute atomic E-state index is 8.80. The number of benzene rings is 2. The summed E-state index contributed by atoms with van der Waals surface area (Å²) in [5.41, 5.74) is 2.57. The molecule has 2 aliphatic heterocycles. The van der Waals surface area contributed by atoms with Crippen LogP contribution in [0.3, 0.4) is 0 Å². The lowest BCUT2D eigenvalue weighted by atomic mass is 10.1. The quantitative estimate of drug-likeness (QED) is 0.746. The van der Waals surface area contributed by atoms with Gasteiger partial charge in [0, 0.05) is 53.8 Å². The Kier molecular flexibility index (Phi) is 6.32. The van der Waals surface area contributed by atoms with Crippen LogP contribution < -0.4 is 5.32 Å². The van der Waals surface area contributed by atoms with Gasteiger partial charge in [-0.1, -0.05) is 42.1 Å². The Hall–Kier alpha value is -1.57. The van der Waals surface area contributed by atoms with Crippen molar-refractivity contribution in [1.82, 2.24) is 9.80 Å². The van der Waals surface area contributed by atoms with Gasteiger partial charge in [-0.3, -0.25) is 9.80 Å². The zero-order valence-corrected chi connectivity index (χ0v) is 16.3. The maximum atomic E-state index is 8.80. The molecule has 0 radical (unpaired) electrons. The molecule has 4 rings (SSSR count). The van der Waals surface area contributed by atoms with Crippen LogP contribution in [0.2, 0.25) is 0 Å². The van der Waals surface area contributed by atoms with E-state index in [-0.39, 0.29) is 12.8 Å². The molecule has 5 nitrogen and oxygen atoms in total. The molecular weight excluding hydrogens is 358 g/mol. The monoisotopic (exact) mass is 385 g/mol. The number of anilines is 1. The highest BCUT2D eigenvalue weighted by Gasteiger charge is 2.29. The molecular formula is C21H27N3O2S. The lowest BCUT2D eigenvalue weighted by Gasteiger charge is -2.40. The number of piperazine rings is 1. The molecule has 2 aromatic carbocycles. The van der Waals surface area contributed by atoms with E-state index in [1.807, 2.05) is 11.8 Å². The lowest BCUT2D eigenvalue weighted by Crippen LogP contribution is -2.49. The second kappa shape index (κ2) is 9.08. The van der Waals surface area contributed by atoms with E-state index in [1.165, 1.54) is 21.0 Å². The molecule has 2 aliphatic rings. The van der Waals surface area contributed by atoms with E-state index < -0.39 is 0 Å². The van der Waals surface area contributed by atoms with Crippen molar-refractivity contribution in [3.05, 3.63) is 54.1 Å². The van der Waals surface area contributed by atoms with Crippen molar-refractivity contribution in [2.75, 3.05) is 57.9 Å². The molecule has 0 aromatic heterocycles. The molecule has 1 saturated heterocycles. The molecule has 2 heterocycles. The molecule has 0 amide bonds. The van der Waals surface area contributed by atoms with Crippen LogP contribution in [-0.4, -0.2) is 67.5 Å². The summed E-state index contributed by atoms with van der Waals surface area (Å²) in [5, 5.41) is 12.6. The van der Waals surface area contributed by atoms with E-state index in [1.54, 1.807) is 0 Å². The molecule has 6 heteroatoms. The largest absolute Gasteiger partial charge is 0.394 e. The van der Waals surface area contributed by atoms with Crippen molar-refractivity contribution in [3.63, 3.8) is 0 Å². The number of nitrogens with one attached hydrogen (secondary N) is 1. The minimum Gasteiger partial charge on any atom is -0.394 e. The van der Waals surface area contributed by atoms with Crippen LogP contribution in [0, 0.1) is 0 Å². The number of rotatable bonds is 6.